The molecule has 1 saturated carbocycles. The second-order valence-electron chi connectivity index (χ2n) is 9.55. The number of esters is 1. The smallest absolute Gasteiger partial charge is 0.419 e. The number of nitrogens with zero attached hydrogens (tertiary/aromatic N) is 4. The lowest BCUT2D eigenvalue weighted by Crippen LogP contribution is -2.39. The number of fused-ring (bicyclic) bond motifs is 1. The summed E-state index contributed by atoms with van der Waals surface area (Å²) in [4.78, 5) is 66.3. The third-order valence-corrected chi connectivity index (χ3v) is 6.42. The first-order chi connectivity index (χ1) is 20.1. The van der Waals surface area contributed by atoms with Gasteiger partial charge in [-0.05, 0) is 56.4 Å². The highest BCUT2D eigenvalue weighted by Crippen LogP contribution is 2.32. The Kier molecular flexibility index (Phi) is 9.15. The summed E-state index contributed by atoms with van der Waals surface area (Å²) in [5, 5.41) is 18.9. The molecule has 220 valence electrons. The summed E-state index contributed by atoms with van der Waals surface area (Å²) >= 11 is 0. The Bertz CT molecular complexity index is 1580. The van der Waals surface area contributed by atoms with E-state index >= 15 is 0 Å². The van der Waals surface area contributed by atoms with E-state index in [0.717, 1.165) is 16.9 Å². The third-order valence-electron chi connectivity index (χ3n) is 6.42. The van der Waals surface area contributed by atoms with Crippen LogP contribution in [-0.4, -0.2) is 73.8 Å². The number of ether oxygens (including phenoxy) is 2. The van der Waals surface area contributed by atoms with E-state index in [1.165, 1.54) is 17.0 Å². The number of anilines is 2. The summed E-state index contributed by atoms with van der Waals surface area (Å²) in [5.74, 6) is -2.80. The number of aliphatic carboxylic acids is 1. The van der Waals surface area contributed by atoms with Gasteiger partial charge in [-0.2, -0.15) is 5.10 Å². The molecule has 0 bridgehead atoms. The second kappa shape index (κ2) is 12.9. The van der Waals surface area contributed by atoms with Crippen LogP contribution in [0, 0.1) is 13.8 Å². The predicted molar refractivity (Wildman–Crippen MR) is 148 cm³/mol. The van der Waals surface area contributed by atoms with Crippen molar-refractivity contribution in [2.45, 2.75) is 46.1 Å². The molecule has 4 rings (SSSR count). The van der Waals surface area contributed by atoms with Crippen LogP contribution in [0.3, 0.4) is 0 Å². The molecule has 0 spiro atoms. The minimum absolute atomic E-state index is 0.188. The van der Waals surface area contributed by atoms with Crippen molar-refractivity contribution >= 4 is 46.9 Å². The zero-order chi connectivity index (χ0) is 30.4. The molecule has 1 fully saturated rings. The molecule has 0 radical (unpaired) electrons. The van der Waals surface area contributed by atoms with E-state index in [0.29, 0.717) is 59.7 Å². The maximum absolute atomic E-state index is 13.6. The van der Waals surface area contributed by atoms with Gasteiger partial charge in [0.25, 0.3) is 11.8 Å². The van der Waals surface area contributed by atoms with Crippen LogP contribution < -0.4 is 10.6 Å². The molecule has 42 heavy (non-hydrogen) atoms. The van der Waals surface area contributed by atoms with Crippen LogP contribution in [0.4, 0.5) is 16.3 Å². The standard InChI is InChI=1S/C28H30N6O8/c1-4-11-29-26(38)18-6-5-16(2)21(12-18)32-25-24-17(3)20(13-33(24)31-14-30-25)27(39)34(19-7-8-19)28(40)42-15-41-23(37)10-9-22(35)36/h5-6,9-10,12-14,19H,4,7-8,11,15H2,1-3H3,(H,29,38)(H,35,36)(H,30,31,32)/b10-9+. The third kappa shape index (κ3) is 6.89. The highest BCUT2D eigenvalue weighted by atomic mass is 16.7. The van der Waals surface area contributed by atoms with E-state index < -0.39 is 30.7 Å². The van der Waals surface area contributed by atoms with Gasteiger partial charge in [0.05, 0.1) is 5.56 Å². The van der Waals surface area contributed by atoms with Crippen molar-refractivity contribution < 1.29 is 38.6 Å². The molecule has 2 aromatic heterocycles. The second-order valence-corrected chi connectivity index (χ2v) is 9.55. The van der Waals surface area contributed by atoms with Crippen molar-refractivity contribution in [3.8, 4) is 0 Å². The minimum atomic E-state index is -1.34. The Hall–Kier alpha value is -5.27. The van der Waals surface area contributed by atoms with Gasteiger partial charge in [0.1, 0.15) is 11.8 Å². The summed E-state index contributed by atoms with van der Waals surface area (Å²) < 4.78 is 11.1. The summed E-state index contributed by atoms with van der Waals surface area (Å²) in [6, 6.07) is 4.89. The van der Waals surface area contributed by atoms with Crippen LogP contribution in [-0.2, 0) is 19.1 Å². The van der Waals surface area contributed by atoms with Crippen molar-refractivity contribution in [3.05, 3.63) is 65.1 Å². The maximum Gasteiger partial charge on any atom is 0.419 e. The Morgan fingerprint density at radius 3 is 2.60 bits per heavy atom. The Balaban J connectivity index is 1.55. The summed E-state index contributed by atoms with van der Waals surface area (Å²) in [5.41, 5.74) is 3.16. The number of imide groups is 1. The number of amides is 3. The number of carbonyl (C=O) groups excluding carboxylic acids is 4. The van der Waals surface area contributed by atoms with Crippen molar-refractivity contribution in [3.63, 3.8) is 0 Å². The molecule has 0 unspecified atom stereocenters. The maximum atomic E-state index is 13.6. The van der Waals surface area contributed by atoms with E-state index in [1.54, 1.807) is 19.1 Å². The number of hydrogen-bond donors (Lipinski definition) is 3. The molecule has 0 saturated heterocycles. The van der Waals surface area contributed by atoms with E-state index in [-0.39, 0.29) is 17.5 Å². The zero-order valence-corrected chi connectivity index (χ0v) is 23.2. The monoisotopic (exact) mass is 578 g/mol. The fourth-order valence-corrected chi connectivity index (χ4v) is 4.09. The molecule has 1 aromatic carbocycles. The number of rotatable bonds is 11. The normalized spacial score (nSPS) is 12.6. The minimum Gasteiger partial charge on any atom is -0.478 e. The van der Waals surface area contributed by atoms with Gasteiger partial charge in [0.2, 0.25) is 6.79 Å². The first kappa shape index (κ1) is 29.7. The zero-order valence-electron chi connectivity index (χ0n) is 23.2. The summed E-state index contributed by atoms with van der Waals surface area (Å²) in [6.07, 6.45) is 5.03. The number of hydrogen-bond acceptors (Lipinski definition) is 10. The number of carboxylic acids is 1. The van der Waals surface area contributed by atoms with E-state index in [4.69, 9.17) is 9.84 Å². The molecular weight excluding hydrogens is 548 g/mol. The Labute approximate surface area is 240 Å². The fourth-order valence-electron chi connectivity index (χ4n) is 4.09. The van der Waals surface area contributed by atoms with Gasteiger partial charge in [-0.3, -0.25) is 9.59 Å². The average Bonchev–Trinajstić information content (AvgIpc) is 3.73. The molecule has 14 nitrogen and oxygen atoms in total. The van der Waals surface area contributed by atoms with Gasteiger partial charge < -0.3 is 25.2 Å². The molecular formula is C28H30N6O8. The van der Waals surface area contributed by atoms with Crippen molar-refractivity contribution in [2.75, 3.05) is 18.7 Å². The molecule has 3 aromatic rings. The van der Waals surface area contributed by atoms with E-state index in [2.05, 4.69) is 25.5 Å². The number of aromatic nitrogens is 3. The summed E-state index contributed by atoms with van der Waals surface area (Å²) in [7, 11) is 0. The number of aryl methyl sites for hydroxylation is 2. The van der Waals surface area contributed by atoms with Crippen LogP contribution in [0.15, 0.2) is 42.9 Å². The highest BCUT2D eigenvalue weighted by Gasteiger charge is 2.40. The Morgan fingerprint density at radius 2 is 1.90 bits per heavy atom. The molecule has 2 heterocycles. The van der Waals surface area contributed by atoms with Crippen LogP contribution in [0.1, 0.15) is 58.0 Å². The molecule has 0 atom stereocenters. The first-order valence-electron chi connectivity index (χ1n) is 13.2. The highest BCUT2D eigenvalue weighted by molar-refractivity contribution is 6.06. The lowest BCUT2D eigenvalue weighted by atomic mass is 10.1. The van der Waals surface area contributed by atoms with Gasteiger partial charge in [0, 0.05) is 42.2 Å². The van der Waals surface area contributed by atoms with Crippen LogP contribution >= 0.6 is 0 Å². The first-order valence-corrected chi connectivity index (χ1v) is 13.2. The van der Waals surface area contributed by atoms with Crippen LogP contribution in [0.25, 0.3) is 5.52 Å². The molecule has 1 aliphatic carbocycles. The van der Waals surface area contributed by atoms with Crippen LogP contribution in [0.5, 0.6) is 0 Å². The average molecular weight is 579 g/mol. The van der Waals surface area contributed by atoms with E-state index in [9.17, 15) is 24.0 Å². The van der Waals surface area contributed by atoms with Gasteiger partial charge in [-0.1, -0.05) is 13.0 Å². The lowest BCUT2D eigenvalue weighted by Gasteiger charge is -2.19. The number of nitrogens with one attached hydrogen (secondary N) is 2. The molecule has 0 aliphatic heterocycles. The number of benzene rings is 1. The predicted octanol–water partition coefficient (Wildman–Crippen LogP) is 3.11. The topological polar surface area (TPSA) is 182 Å². The summed E-state index contributed by atoms with van der Waals surface area (Å²) in [6.45, 7) is 5.31. The Morgan fingerprint density at radius 1 is 1.14 bits per heavy atom. The largest absolute Gasteiger partial charge is 0.478 e. The fraction of sp³-hybridized carbons (Fsp3) is 0.321. The molecule has 14 heteroatoms. The van der Waals surface area contributed by atoms with Crippen molar-refractivity contribution in [2.24, 2.45) is 0 Å². The molecule has 1 aliphatic rings. The van der Waals surface area contributed by atoms with Crippen molar-refractivity contribution in [1.82, 2.24) is 24.8 Å². The van der Waals surface area contributed by atoms with E-state index in [1.807, 2.05) is 19.9 Å². The lowest BCUT2D eigenvalue weighted by molar-refractivity contribution is -0.146. The van der Waals surface area contributed by atoms with Gasteiger partial charge >= 0.3 is 18.0 Å². The SMILES string of the molecule is CCCNC(=O)c1ccc(C)c(Nc2ncnn3cc(C(=O)N(C(=O)OCOC(=O)/C=C/C(=O)O)C4CC4)c(C)c23)c1. The van der Waals surface area contributed by atoms with Gasteiger partial charge in [-0.25, -0.2) is 28.8 Å². The van der Waals surface area contributed by atoms with Gasteiger partial charge in [0.15, 0.2) is 5.82 Å². The molecule has 3 amide bonds. The number of carbonyl (C=O) groups is 5. The quantitative estimate of drug-likeness (QED) is 0.173. The van der Waals surface area contributed by atoms with Gasteiger partial charge in [-0.15, -0.1) is 0 Å². The van der Waals surface area contributed by atoms with Crippen molar-refractivity contribution in [1.29, 1.82) is 0 Å². The molecule has 3 N–H and O–H groups in total. The number of carboxylic acid groups (broad SMARTS) is 1. The van der Waals surface area contributed by atoms with Crippen LogP contribution in [0.2, 0.25) is 0 Å².